The number of amides is 4. The fourth-order valence-electron chi connectivity index (χ4n) is 8.82. The first-order valence-corrected chi connectivity index (χ1v) is 18.4. The molecule has 0 saturated carbocycles. The summed E-state index contributed by atoms with van der Waals surface area (Å²) in [7, 11) is 6.08. The maximum absolute atomic E-state index is 15.0. The minimum Gasteiger partial charge on any atom is -0.497 e. The third-order valence-corrected chi connectivity index (χ3v) is 11.0. The molecule has 8 rings (SSSR count). The summed E-state index contributed by atoms with van der Waals surface area (Å²) in [6.07, 6.45) is 0. The molecule has 4 aromatic carbocycles. The number of rotatable bonds is 12. The number of hydrogen-bond acceptors (Lipinski definition) is 12. The molecule has 4 heterocycles. The number of carbonyl (C=O) groups excluding carboxylic acids is 4. The van der Waals surface area contributed by atoms with E-state index in [1.54, 1.807) is 94.9 Å². The Morgan fingerprint density at radius 1 is 0.446 bits per heavy atom. The number of benzene rings is 4. The lowest BCUT2D eigenvalue weighted by Crippen LogP contribution is -2.50. The molecule has 0 N–H and O–H groups in total. The van der Waals surface area contributed by atoms with Crippen LogP contribution in [0, 0.1) is 11.8 Å². The molecule has 4 saturated heterocycles. The maximum Gasteiger partial charge on any atom is 0.253 e. The minimum absolute atomic E-state index is 0.365. The van der Waals surface area contributed by atoms with Gasteiger partial charge in [0.2, 0.25) is 11.8 Å². The molecule has 4 aromatic rings. The first kappa shape index (κ1) is 36.8. The number of ether oxygens (including phenoxy) is 6. The molecule has 0 aromatic heterocycles. The highest BCUT2D eigenvalue weighted by Gasteiger charge is 2.74. The van der Waals surface area contributed by atoms with Crippen molar-refractivity contribution in [2.24, 2.45) is 11.8 Å². The number of methoxy groups -OCH3 is 4. The number of carbonyl (C=O) groups is 4. The van der Waals surface area contributed by atoms with Crippen LogP contribution in [-0.2, 0) is 19.2 Å². The molecule has 4 amide bonds. The van der Waals surface area contributed by atoms with E-state index in [1.807, 2.05) is 13.8 Å². The van der Waals surface area contributed by atoms with E-state index in [0.717, 1.165) is 0 Å². The fraction of sp³-hybridized carbons (Fsp3) is 0.333. The van der Waals surface area contributed by atoms with Crippen molar-refractivity contribution in [3.8, 4) is 34.5 Å². The Morgan fingerprint density at radius 3 is 1.12 bits per heavy atom. The lowest BCUT2D eigenvalue weighted by Gasteiger charge is -2.36. The number of fused-ring (bicyclic) bond motifs is 5. The molecule has 14 nitrogen and oxygen atoms in total. The summed E-state index contributed by atoms with van der Waals surface area (Å²) in [6, 6.07) is 19.7. The van der Waals surface area contributed by atoms with Gasteiger partial charge in [-0.25, -0.2) is 19.8 Å². The Kier molecular flexibility index (Phi) is 9.54. The number of anilines is 2. The molecule has 0 bridgehead atoms. The average molecular weight is 763 g/mol. The third-order valence-electron chi connectivity index (χ3n) is 11.0. The summed E-state index contributed by atoms with van der Waals surface area (Å²) < 4.78 is 34.3. The summed E-state index contributed by atoms with van der Waals surface area (Å²) in [4.78, 5) is 62.4. The molecule has 4 aliphatic heterocycles. The van der Waals surface area contributed by atoms with Gasteiger partial charge in [-0.1, -0.05) is 0 Å². The number of hydrazine groups is 1. The van der Waals surface area contributed by atoms with Crippen molar-refractivity contribution < 1.29 is 47.6 Å². The second-order valence-corrected chi connectivity index (χ2v) is 13.7. The van der Waals surface area contributed by atoms with E-state index in [9.17, 15) is 9.59 Å². The molecule has 0 aliphatic carbocycles. The van der Waals surface area contributed by atoms with Crippen molar-refractivity contribution >= 4 is 35.0 Å². The topological polar surface area (TPSA) is 137 Å². The highest BCUT2D eigenvalue weighted by molar-refractivity contribution is 6.26. The number of nitrogens with zero attached hydrogens (tertiary/aromatic N) is 4. The zero-order valence-electron chi connectivity index (χ0n) is 31.8. The largest absolute Gasteiger partial charge is 0.497 e. The van der Waals surface area contributed by atoms with Gasteiger partial charge < -0.3 is 28.4 Å². The summed E-state index contributed by atoms with van der Waals surface area (Å²) in [6.45, 7) is 4.64. The number of imide groups is 2. The fourth-order valence-corrected chi connectivity index (χ4v) is 8.82. The van der Waals surface area contributed by atoms with Gasteiger partial charge in [-0.05, 0) is 98.8 Å². The van der Waals surface area contributed by atoms with E-state index in [2.05, 4.69) is 0 Å². The van der Waals surface area contributed by atoms with E-state index in [0.29, 0.717) is 70.2 Å². The van der Waals surface area contributed by atoms with Crippen molar-refractivity contribution in [2.75, 3.05) is 51.5 Å². The van der Waals surface area contributed by atoms with Crippen LogP contribution in [0.25, 0.3) is 0 Å². The molecule has 0 spiro atoms. The number of hydrogen-bond donors (Lipinski definition) is 0. The van der Waals surface area contributed by atoms with Crippen molar-refractivity contribution in [3.63, 3.8) is 0 Å². The SMILES string of the molecule is CCOc1ccc(N2C(=O)[C@@H]3[C@@H](C2=O)N2[C@@H](c4cc(OC)ccc4OC)[C@@H]4C(=O)N(c5ccc(OCC)cc5)C(=O)[C@@H]4N2[C@@H]3c2cc(OC)ccc2OC)cc1. The van der Waals surface area contributed by atoms with Crippen LogP contribution < -0.4 is 38.2 Å². The van der Waals surface area contributed by atoms with Gasteiger partial charge in [-0.15, -0.1) is 0 Å². The Labute approximate surface area is 323 Å². The van der Waals surface area contributed by atoms with Gasteiger partial charge in [0.25, 0.3) is 11.8 Å². The molecule has 4 aliphatic rings. The normalized spacial score (nSPS) is 24.3. The van der Waals surface area contributed by atoms with Gasteiger partial charge in [-0.2, -0.15) is 0 Å². The molecule has 56 heavy (non-hydrogen) atoms. The van der Waals surface area contributed by atoms with Gasteiger partial charge in [-0.3, -0.25) is 19.2 Å². The van der Waals surface area contributed by atoms with Crippen molar-refractivity contribution in [1.29, 1.82) is 0 Å². The van der Waals surface area contributed by atoms with Gasteiger partial charge in [0.15, 0.2) is 0 Å². The van der Waals surface area contributed by atoms with E-state index in [1.165, 1.54) is 38.2 Å². The monoisotopic (exact) mass is 762 g/mol. The van der Waals surface area contributed by atoms with Crippen LogP contribution in [0.3, 0.4) is 0 Å². The Balaban J connectivity index is 1.35. The molecule has 14 heteroatoms. The van der Waals surface area contributed by atoms with Crippen LogP contribution in [0.2, 0.25) is 0 Å². The first-order chi connectivity index (χ1) is 27.2. The van der Waals surface area contributed by atoms with Crippen LogP contribution in [0.5, 0.6) is 34.5 Å². The zero-order chi connectivity index (χ0) is 39.4. The zero-order valence-corrected chi connectivity index (χ0v) is 31.8. The van der Waals surface area contributed by atoms with Crippen LogP contribution in [0.1, 0.15) is 37.1 Å². The quantitative estimate of drug-likeness (QED) is 0.181. The van der Waals surface area contributed by atoms with Crippen LogP contribution in [0.15, 0.2) is 84.9 Å². The van der Waals surface area contributed by atoms with Crippen LogP contribution in [0.4, 0.5) is 11.4 Å². The second kappa shape index (κ2) is 14.5. The lowest BCUT2D eigenvalue weighted by molar-refractivity contribution is -0.136. The van der Waals surface area contributed by atoms with Gasteiger partial charge in [0, 0.05) is 11.1 Å². The molecule has 4 fully saturated rings. The van der Waals surface area contributed by atoms with Gasteiger partial charge in [0.05, 0.1) is 76.9 Å². The summed E-state index contributed by atoms with van der Waals surface area (Å²) in [5.41, 5.74) is 1.75. The maximum atomic E-state index is 15.0. The van der Waals surface area contributed by atoms with Crippen molar-refractivity contribution in [1.82, 2.24) is 10.0 Å². The van der Waals surface area contributed by atoms with Crippen LogP contribution in [-0.4, -0.2) is 87.4 Å². The Bertz CT molecular complexity index is 2040. The predicted molar refractivity (Wildman–Crippen MR) is 203 cm³/mol. The predicted octanol–water partition coefficient (Wildman–Crippen LogP) is 4.96. The third kappa shape index (κ3) is 5.54. The molecule has 6 atom stereocenters. The van der Waals surface area contributed by atoms with E-state index >= 15 is 9.59 Å². The van der Waals surface area contributed by atoms with E-state index in [4.69, 9.17) is 28.4 Å². The minimum atomic E-state index is -1.14. The smallest absolute Gasteiger partial charge is 0.253 e. The highest BCUT2D eigenvalue weighted by atomic mass is 16.5. The average Bonchev–Trinajstić information content (AvgIpc) is 3.89. The lowest BCUT2D eigenvalue weighted by atomic mass is 9.83. The van der Waals surface area contributed by atoms with E-state index < -0.39 is 59.6 Å². The molecule has 290 valence electrons. The second-order valence-electron chi connectivity index (χ2n) is 13.7. The standard InChI is InChI=1S/C42H42N4O10/c1-7-55-25-13-9-23(10-14-25)43-39(47)33-35(29-21-27(51-3)17-19-31(29)53-5)46-38-34(40(48)44(42(38)50)24-11-15-26(16-12-24)56-8-2)36(45(46)37(33)41(43)49)30-22-28(52-4)18-20-32(30)54-6/h9-22,33-38H,7-8H2,1-6H3/t33-,34-,35-,36+,37+,38-/m0/s1. The van der Waals surface area contributed by atoms with E-state index in [-0.39, 0.29) is 0 Å². The van der Waals surface area contributed by atoms with Gasteiger partial charge in [0.1, 0.15) is 46.6 Å². The van der Waals surface area contributed by atoms with Crippen molar-refractivity contribution in [3.05, 3.63) is 96.1 Å². The summed E-state index contributed by atoms with van der Waals surface area (Å²) >= 11 is 0. The summed E-state index contributed by atoms with van der Waals surface area (Å²) in [5.74, 6) is -1.09. The Hall–Kier alpha value is -6.12. The van der Waals surface area contributed by atoms with Gasteiger partial charge >= 0.3 is 0 Å². The first-order valence-electron chi connectivity index (χ1n) is 18.4. The molecule has 0 radical (unpaired) electrons. The highest BCUT2D eigenvalue weighted by Crippen LogP contribution is 2.61. The van der Waals surface area contributed by atoms with Crippen molar-refractivity contribution in [2.45, 2.75) is 38.0 Å². The molecule has 0 unspecified atom stereocenters. The van der Waals surface area contributed by atoms with Crippen LogP contribution >= 0.6 is 0 Å². The molecular formula is C42H42N4O10. The Morgan fingerprint density at radius 2 is 0.804 bits per heavy atom. The molecular weight excluding hydrogens is 720 g/mol. The summed E-state index contributed by atoms with van der Waals surface area (Å²) in [5, 5.41) is 3.53.